The van der Waals surface area contributed by atoms with Gasteiger partial charge < -0.3 is 0 Å². The van der Waals surface area contributed by atoms with Crippen LogP contribution >= 0.6 is 0 Å². The minimum absolute atomic E-state index is 0.559. The van der Waals surface area contributed by atoms with Crippen LogP contribution in [0.25, 0.3) is 0 Å². The molecule has 1 aliphatic heterocycles. The van der Waals surface area contributed by atoms with Crippen LogP contribution in [0.5, 0.6) is 0 Å². The molecule has 0 bridgehead atoms. The van der Waals surface area contributed by atoms with Crippen LogP contribution in [0.4, 0.5) is 0 Å². The lowest BCUT2D eigenvalue weighted by Gasteiger charge is -2.41. The molecule has 1 nitrogen and oxygen atoms in total. The van der Waals surface area contributed by atoms with Crippen molar-refractivity contribution in [2.45, 2.75) is 59.5 Å². The summed E-state index contributed by atoms with van der Waals surface area (Å²) in [4.78, 5) is 2.65. The van der Waals surface area contributed by atoms with Gasteiger partial charge in [-0.2, -0.15) is 0 Å². The van der Waals surface area contributed by atoms with Crippen molar-refractivity contribution in [3.05, 3.63) is 23.8 Å². The molecule has 1 fully saturated rings. The van der Waals surface area contributed by atoms with Gasteiger partial charge in [-0.05, 0) is 58.6 Å². The van der Waals surface area contributed by atoms with Crippen molar-refractivity contribution >= 4 is 0 Å². The van der Waals surface area contributed by atoms with E-state index in [0.717, 1.165) is 12.0 Å². The SMILES string of the molecule is C/C=C\C(=C/C)C(C)N1CCC(C)CC1C. The molecule has 0 saturated carbocycles. The highest BCUT2D eigenvalue weighted by molar-refractivity contribution is 5.23. The maximum atomic E-state index is 2.65. The quantitative estimate of drug-likeness (QED) is 0.651. The van der Waals surface area contributed by atoms with E-state index in [2.05, 4.69) is 57.7 Å². The van der Waals surface area contributed by atoms with Gasteiger partial charge >= 0.3 is 0 Å². The van der Waals surface area contributed by atoms with E-state index in [9.17, 15) is 0 Å². The van der Waals surface area contributed by atoms with Gasteiger partial charge in [-0.15, -0.1) is 0 Å². The molecule has 1 aliphatic rings. The van der Waals surface area contributed by atoms with Crippen LogP contribution in [0.15, 0.2) is 23.8 Å². The lowest BCUT2D eigenvalue weighted by molar-refractivity contribution is 0.105. The molecule has 0 aliphatic carbocycles. The zero-order valence-electron chi connectivity index (χ0n) is 11.5. The second-order valence-corrected chi connectivity index (χ2v) is 5.18. The Bertz CT molecular complexity index is 265. The van der Waals surface area contributed by atoms with Crippen LogP contribution in [-0.2, 0) is 0 Å². The van der Waals surface area contributed by atoms with Crippen molar-refractivity contribution in [1.82, 2.24) is 4.90 Å². The summed E-state index contributed by atoms with van der Waals surface area (Å²) in [7, 11) is 0. The summed E-state index contributed by atoms with van der Waals surface area (Å²) < 4.78 is 0. The van der Waals surface area contributed by atoms with Crippen LogP contribution in [0.1, 0.15) is 47.5 Å². The lowest BCUT2D eigenvalue weighted by Crippen LogP contribution is -2.46. The Balaban J connectivity index is 2.69. The summed E-state index contributed by atoms with van der Waals surface area (Å²) >= 11 is 0. The molecule has 0 aromatic heterocycles. The molecule has 16 heavy (non-hydrogen) atoms. The van der Waals surface area contributed by atoms with E-state index in [0.29, 0.717) is 6.04 Å². The fourth-order valence-electron chi connectivity index (χ4n) is 2.86. The monoisotopic (exact) mass is 221 g/mol. The van der Waals surface area contributed by atoms with E-state index < -0.39 is 0 Å². The van der Waals surface area contributed by atoms with Crippen molar-refractivity contribution in [3.8, 4) is 0 Å². The summed E-state index contributed by atoms with van der Waals surface area (Å²) in [6.45, 7) is 12.6. The first-order chi connectivity index (χ1) is 7.60. The second-order valence-electron chi connectivity index (χ2n) is 5.18. The first-order valence-corrected chi connectivity index (χ1v) is 6.64. The minimum atomic E-state index is 0.559. The first-order valence-electron chi connectivity index (χ1n) is 6.64. The van der Waals surface area contributed by atoms with Gasteiger partial charge in [-0.3, -0.25) is 4.90 Å². The molecule has 0 radical (unpaired) electrons. The molecule has 0 aromatic carbocycles. The van der Waals surface area contributed by atoms with Crippen molar-refractivity contribution in [3.63, 3.8) is 0 Å². The van der Waals surface area contributed by atoms with Gasteiger partial charge in [0.2, 0.25) is 0 Å². The summed E-state index contributed by atoms with van der Waals surface area (Å²) in [6, 6.07) is 1.28. The van der Waals surface area contributed by atoms with E-state index in [1.807, 2.05) is 0 Å². The van der Waals surface area contributed by atoms with Crippen LogP contribution in [0.3, 0.4) is 0 Å². The van der Waals surface area contributed by atoms with E-state index >= 15 is 0 Å². The van der Waals surface area contributed by atoms with Crippen LogP contribution in [-0.4, -0.2) is 23.5 Å². The molecule has 0 spiro atoms. The van der Waals surface area contributed by atoms with Crippen LogP contribution < -0.4 is 0 Å². The predicted molar refractivity (Wildman–Crippen MR) is 72.6 cm³/mol. The topological polar surface area (TPSA) is 3.24 Å². The highest BCUT2D eigenvalue weighted by atomic mass is 15.2. The number of allylic oxidation sites excluding steroid dienone is 2. The zero-order chi connectivity index (χ0) is 12.1. The Morgan fingerprint density at radius 1 is 1.31 bits per heavy atom. The molecule has 1 saturated heterocycles. The maximum absolute atomic E-state index is 2.65. The molecule has 3 unspecified atom stereocenters. The van der Waals surface area contributed by atoms with Gasteiger partial charge in [-0.1, -0.05) is 25.2 Å². The Morgan fingerprint density at radius 3 is 2.50 bits per heavy atom. The fraction of sp³-hybridized carbons (Fsp3) is 0.733. The van der Waals surface area contributed by atoms with E-state index in [1.165, 1.54) is 25.0 Å². The second kappa shape index (κ2) is 6.24. The molecule has 3 atom stereocenters. The fourth-order valence-corrected chi connectivity index (χ4v) is 2.86. The minimum Gasteiger partial charge on any atom is -0.294 e. The summed E-state index contributed by atoms with van der Waals surface area (Å²) in [6.07, 6.45) is 9.33. The number of piperidine rings is 1. The molecule has 0 N–H and O–H groups in total. The first kappa shape index (κ1) is 13.5. The van der Waals surface area contributed by atoms with Crippen molar-refractivity contribution in [1.29, 1.82) is 0 Å². The molecular weight excluding hydrogens is 194 g/mol. The molecular formula is C15H27N. The number of nitrogens with zero attached hydrogens (tertiary/aromatic N) is 1. The van der Waals surface area contributed by atoms with E-state index in [1.54, 1.807) is 0 Å². The standard InChI is InChI=1S/C15H27N/c1-6-8-15(7-2)14(5)16-10-9-12(3)11-13(16)4/h6-8,12-14H,9-11H2,1-5H3/b8-6-,15-7+. The highest BCUT2D eigenvalue weighted by Gasteiger charge is 2.27. The number of likely N-dealkylation sites (tertiary alicyclic amines) is 1. The van der Waals surface area contributed by atoms with Gasteiger partial charge in [0.15, 0.2) is 0 Å². The average Bonchev–Trinajstić information content (AvgIpc) is 2.25. The smallest absolute Gasteiger partial charge is 0.0319 e. The largest absolute Gasteiger partial charge is 0.294 e. The molecule has 0 amide bonds. The van der Waals surface area contributed by atoms with Crippen LogP contribution in [0.2, 0.25) is 0 Å². The van der Waals surface area contributed by atoms with E-state index in [-0.39, 0.29) is 0 Å². The van der Waals surface area contributed by atoms with Gasteiger partial charge in [0.25, 0.3) is 0 Å². The van der Waals surface area contributed by atoms with Crippen molar-refractivity contribution in [2.24, 2.45) is 5.92 Å². The Kier molecular flexibility index (Phi) is 5.27. The van der Waals surface area contributed by atoms with Crippen molar-refractivity contribution < 1.29 is 0 Å². The number of hydrogen-bond acceptors (Lipinski definition) is 1. The Labute approximate surface area is 101 Å². The third-order valence-corrected chi connectivity index (χ3v) is 3.86. The van der Waals surface area contributed by atoms with Crippen LogP contribution in [0, 0.1) is 5.92 Å². The van der Waals surface area contributed by atoms with Gasteiger partial charge in [0, 0.05) is 12.1 Å². The Morgan fingerprint density at radius 2 is 2.00 bits per heavy atom. The molecule has 1 heterocycles. The normalized spacial score (nSPS) is 30.9. The third-order valence-electron chi connectivity index (χ3n) is 3.86. The maximum Gasteiger partial charge on any atom is 0.0319 e. The van der Waals surface area contributed by atoms with E-state index in [4.69, 9.17) is 0 Å². The number of rotatable bonds is 3. The Hall–Kier alpha value is -0.560. The average molecular weight is 221 g/mol. The zero-order valence-corrected chi connectivity index (χ0v) is 11.5. The summed E-state index contributed by atoms with van der Waals surface area (Å²) in [5.41, 5.74) is 1.45. The number of hydrogen-bond donors (Lipinski definition) is 0. The van der Waals surface area contributed by atoms with Crippen molar-refractivity contribution in [2.75, 3.05) is 6.54 Å². The molecule has 1 heteroatoms. The van der Waals surface area contributed by atoms with Gasteiger partial charge in [0.1, 0.15) is 0 Å². The third kappa shape index (κ3) is 3.21. The molecule has 1 rings (SSSR count). The molecule has 0 aromatic rings. The van der Waals surface area contributed by atoms with Gasteiger partial charge in [0.05, 0.1) is 0 Å². The summed E-state index contributed by atoms with van der Waals surface area (Å²) in [5, 5.41) is 0. The summed E-state index contributed by atoms with van der Waals surface area (Å²) in [5.74, 6) is 0.897. The van der Waals surface area contributed by atoms with Gasteiger partial charge in [-0.25, -0.2) is 0 Å². The molecule has 92 valence electrons. The highest BCUT2D eigenvalue weighted by Crippen LogP contribution is 2.26. The lowest BCUT2D eigenvalue weighted by atomic mass is 9.91. The predicted octanol–water partition coefficient (Wildman–Crippen LogP) is 4.02.